The summed E-state index contributed by atoms with van der Waals surface area (Å²) in [6.45, 7) is -0.526. The molecule has 0 aliphatic heterocycles. The van der Waals surface area contributed by atoms with Crippen LogP contribution in [0.15, 0.2) is 18.2 Å². The minimum Gasteiger partial charge on any atom is -0.396 e. The molecule has 0 unspecified atom stereocenters. The van der Waals surface area contributed by atoms with Crippen molar-refractivity contribution in [1.82, 2.24) is 0 Å². The number of hydrogen-bond acceptors (Lipinski definition) is 1. The topological polar surface area (TPSA) is 20.2 Å². The molecule has 1 aromatic carbocycles. The van der Waals surface area contributed by atoms with Crippen LogP contribution in [-0.4, -0.2) is 17.6 Å². The minimum absolute atomic E-state index is 0.330. The van der Waals surface area contributed by atoms with E-state index in [9.17, 15) is 8.78 Å². The van der Waals surface area contributed by atoms with Gasteiger partial charge in [-0.15, -0.1) is 0 Å². The maximum atomic E-state index is 13.2. The van der Waals surface area contributed by atoms with Gasteiger partial charge in [0.1, 0.15) is 0 Å². The van der Waals surface area contributed by atoms with Gasteiger partial charge in [-0.1, -0.05) is 23.2 Å². The molecular formula is C10H8Cl2F2O. The van der Waals surface area contributed by atoms with Crippen LogP contribution in [-0.2, 0) is 0 Å². The molecule has 0 aromatic heterocycles. The van der Waals surface area contributed by atoms with Gasteiger partial charge in [0, 0.05) is 10.0 Å². The van der Waals surface area contributed by atoms with Crippen LogP contribution >= 0.6 is 23.2 Å². The van der Waals surface area contributed by atoms with E-state index in [0.29, 0.717) is 15.6 Å². The molecule has 1 saturated carbocycles. The van der Waals surface area contributed by atoms with E-state index in [1.54, 1.807) is 0 Å². The second-order valence-electron chi connectivity index (χ2n) is 3.64. The second-order valence-corrected chi connectivity index (χ2v) is 4.52. The SMILES string of the molecule is OC[C@@H]1[C@@H](c2cc(Cl)cc(Cl)c2)C1(F)F. The Labute approximate surface area is 95.6 Å². The highest BCUT2D eigenvalue weighted by Gasteiger charge is 2.68. The van der Waals surface area contributed by atoms with E-state index in [0.717, 1.165) is 0 Å². The number of alkyl halides is 2. The van der Waals surface area contributed by atoms with Crippen LogP contribution < -0.4 is 0 Å². The molecule has 82 valence electrons. The summed E-state index contributed by atoms with van der Waals surface area (Å²) in [4.78, 5) is 0. The Balaban J connectivity index is 2.32. The van der Waals surface area contributed by atoms with Gasteiger partial charge >= 0.3 is 0 Å². The summed E-state index contributed by atoms with van der Waals surface area (Å²) >= 11 is 11.4. The first-order valence-electron chi connectivity index (χ1n) is 4.41. The van der Waals surface area contributed by atoms with Crippen molar-refractivity contribution in [1.29, 1.82) is 0 Å². The van der Waals surface area contributed by atoms with Gasteiger partial charge in [-0.3, -0.25) is 0 Å². The Bertz CT molecular complexity index is 375. The molecule has 1 fully saturated rings. The van der Waals surface area contributed by atoms with Crippen molar-refractivity contribution in [2.75, 3.05) is 6.61 Å². The summed E-state index contributed by atoms with van der Waals surface area (Å²) in [6.07, 6.45) is 0. The Morgan fingerprint density at radius 3 is 2.13 bits per heavy atom. The highest BCUT2D eigenvalue weighted by molar-refractivity contribution is 6.34. The molecule has 0 bridgehead atoms. The third kappa shape index (κ3) is 1.84. The highest BCUT2D eigenvalue weighted by Crippen LogP contribution is 2.61. The number of halogens is 4. The van der Waals surface area contributed by atoms with Crippen LogP contribution in [0.5, 0.6) is 0 Å². The van der Waals surface area contributed by atoms with Crippen molar-refractivity contribution in [2.24, 2.45) is 5.92 Å². The molecule has 0 spiro atoms. The quantitative estimate of drug-likeness (QED) is 0.856. The summed E-state index contributed by atoms with van der Waals surface area (Å²) in [5, 5.41) is 9.43. The molecule has 0 amide bonds. The number of hydrogen-bond donors (Lipinski definition) is 1. The van der Waals surface area contributed by atoms with Gasteiger partial charge in [-0.25, -0.2) is 8.78 Å². The maximum Gasteiger partial charge on any atom is 0.261 e. The molecule has 1 nitrogen and oxygen atoms in total. The highest BCUT2D eigenvalue weighted by atomic mass is 35.5. The average molecular weight is 253 g/mol. The lowest BCUT2D eigenvalue weighted by atomic mass is 10.1. The molecule has 1 aliphatic carbocycles. The van der Waals surface area contributed by atoms with Gasteiger partial charge in [-0.05, 0) is 23.8 Å². The second kappa shape index (κ2) is 3.58. The number of benzene rings is 1. The summed E-state index contributed by atoms with van der Waals surface area (Å²) in [6, 6.07) is 4.41. The van der Waals surface area contributed by atoms with Crippen molar-refractivity contribution in [2.45, 2.75) is 11.8 Å². The fourth-order valence-electron chi connectivity index (χ4n) is 1.83. The van der Waals surface area contributed by atoms with Crippen LogP contribution in [0.2, 0.25) is 10.0 Å². The first-order chi connectivity index (χ1) is 6.96. The standard InChI is InChI=1S/C10H8Cl2F2O/c11-6-1-5(2-7(12)3-6)9-8(4-15)10(9,13)14/h1-3,8-9,15H,4H2/t8-,9-/m1/s1. The molecule has 1 aliphatic rings. The van der Waals surface area contributed by atoms with Gasteiger partial charge in [-0.2, -0.15) is 0 Å². The van der Waals surface area contributed by atoms with E-state index in [1.165, 1.54) is 18.2 Å². The van der Waals surface area contributed by atoms with Gasteiger partial charge in [0.2, 0.25) is 0 Å². The van der Waals surface area contributed by atoms with Crippen LogP contribution in [0.25, 0.3) is 0 Å². The zero-order chi connectivity index (χ0) is 11.2. The van der Waals surface area contributed by atoms with Gasteiger partial charge in [0.25, 0.3) is 5.92 Å². The lowest BCUT2D eigenvalue weighted by molar-refractivity contribution is 0.0785. The van der Waals surface area contributed by atoms with Crippen molar-refractivity contribution in [3.8, 4) is 0 Å². The normalized spacial score (nSPS) is 27.8. The van der Waals surface area contributed by atoms with Crippen LogP contribution in [0.1, 0.15) is 11.5 Å². The molecule has 2 rings (SSSR count). The van der Waals surface area contributed by atoms with Gasteiger partial charge in [0.05, 0.1) is 18.4 Å². The Morgan fingerprint density at radius 1 is 1.20 bits per heavy atom. The first kappa shape index (κ1) is 11.1. The van der Waals surface area contributed by atoms with E-state index in [-0.39, 0.29) is 0 Å². The zero-order valence-corrected chi connectivity index (χ0v) is 9.06. The smallest absolute Gasteiger partial charge is 0.261 e. The van der Waals surface area contributed by atoms with Crippen LogP contribution in [0, 0.1) is 5.92 Å². The third-order valence-electron chi connectivity index (χ3n) is 2.64. The summed E-state index contributed by atoms with van der Waals surface area (Å²) in [7, 11) is 0. The molecule has 0 heterocycles. The fourth-order valence-corrected chi connectivity index (χ4v) is 2.37. The predicted molar refractivity (Wildman–Crippen MR) is 54.7 cm³/mol. The lowest BCUT2D eigenvalue weighted by Crippen LogP contribution is -1.97. The monoisotopic (exact) mass is 252 g/mol. The minimum atomic E-state index is -2.84. The van der Waals surface area contributed by atoms with Crippen molar-refractivity contribution in [3.05, 3.63) is 33.8 Å². The Morgan fingerprint density at radius 2 is 1.73 bits per heavy atom. The summed E-state index contributed by atoms with van der Waals surface area (Å²) < 4.78 is 26.3. The van der Waals surface area contributed by atoms with Crippen molar-refractivity contribution >= 4 is 23.2 Å². The van der Waals surface area contributed by atoms with Crippen molar-refractivity contribution < 1.29 is 13.9 Å². The molecule has 1 N–H and O–H groups in total. The lowest BCUT2D eigenvalue weighted by Gasteiger charge is -2.01. The van der Waals surface area contributed by atoms with E-state index in [1.807, 2.05) is 0 Å². The maximum absolute atomic E-state index is 13.2. The fraction of sp³-hybridized carbons (Fsp3) is 0.400. The summed E-state index contributed by atoms with van der Waals surface area (Å²) in [5.41, 5.74) is 0.386. The predicted octanol–water partition coefficient (Wildman–Crippen LogP) is 3.33. The van der Waals surface area contributed by atoms with Gasteiger partial charge < -0.3 is 5.11 Å². The molecular weight excluding hydrogens is 245 g/mol. The van der Waals surface area contributed by atoms with Gasteiger partial charge in [0.15, 0.2) is 0 Å². The molecule has 2 atom stereocenters. The number of rotatable bonds is 2. The Hall–Kier alpha value is -0.380. The molecule has 0 saturated heterocycles. The van der Waals surface area contributed by atoms with Crippen LogP contribution in [0.3, 0.4) is 0 Å². The third-order valence-corrected chi connectivity index (χ3v) is 3.08. The van der Waals surface area contributed by atoms with E-state index < -0.39 is 24.4 Å². The van der Waals surface area contributed by atoms with Crippen LogP contribution in [0.4, 0.5) is 8.78 Å². The summed E-state index contributed by atoms with van der Waals surface area (Å²) in [5.74, 6) is -4.81. The molecule has 15 heavy (non-hydrogen) atoms. The number of aliphatic hydroxyl groups is 1. The average Bonchev–Trinajstić information content (AvgIpc) is 2.66. The Kier molecular flexibility index (Phi) is 2.65. The molecule has 0 radical (unpaired) electrons. The van der Waals surface area contributed by atoms with Crippen molar-refractivity contribution in [3.63, 3.8) is 0 Å². The van der Waals surface area contributed by atoms with E-state index in [4.69, 9.17) is 28.3 Å². The first-order valence-corrected chi connectivity index (χ1v) is 5.17. The molecule has 5 heteroatoms. The zero-order valence-electron chi connectivity index (χ0n) is 7.55. The largest absolute Gasteiger partial charge is 0.396 e. The molecule has 1 aromatic rings. The number of aliphatic hydroxyl groups excluding tert-OH is 1. The van der Waals surface area contributed by atoms with E-state index in [2.05, 4.69) is 0 Å². The van der Waals surface area contributed by atoms with E-state index >= 15 is 0 Å².